The molecule has 3 rings (SSSR count). The van der Waals surface area contributed by atoms with Gasteiger partial charge in [-0.25, -0.2) is 0 Å². The van der Waals surface area contributed by atoms with E-state index in [4.69, 9.17) is 0 Å². The molecule has 3 heteroatoms. The lowest BCUT2D eigenvalue weighted by molar-refractivity contribution is 0.625. The van der Waals surface area contributed by atoms with Gasteiger partial charge in [0.05, 0.1) is 0 Å². The maximum atomic E-state index is 3.36. The number of fused-ring (bicyclic) bond motifs is 1. The molecule has 0 aliphatic carbocycles. The lowest BCUT2D eigenvalue weighted by atomic mass is 10.0. The van der Waals surface area contributed by atoms with Crippen molar-refractivity contribution in [3.8, 4) is 11.1 Å². The van der Waals surface area contributed by atoms with Gasteiger partial charge in [-0.1, -0.05) is 62.3 Å². The van der Waals surface area contributed by atoms with E-state index in [1.165, 1.54) is 65.5 Å². The number of hydrogen-bond acceptors (Lipinski definition) is 2. The number of unbranched alkanes of at least 4 members (excludes halogenated alkanes) is 3. The number of rotatable bonds is 11. The predicted octanol–water partition coefficient (Wildman–Crippen LogP) is 9.12. The van der Waals surface area contributed by atoms with E-state index in [0.717, 1.165) is 13.0 Å². The second-order valence-corrected chi connectivity index (χ2v) is 8.62. The fourth-order valence-electron chi connectivity index (χ4n) is 3.86. The molecule has 0 spiro atoms. The van der Waals surface area contributed by atoms with Gasteiger partial charge < -0.3 is 15.2 Å². The van der Waals surface area contributed by atoms with Crippen molar-refractivity contribution in [2.45, 2.75) is 59.3 Å². The van der Waals surface area contributed by atoms with E-state index in [9.17, 15) is 0 Å². The van der Waals surface area contributed by atoms with Crippen LogP contribution in [-0.2, 0) is 0 Å². The molecular formula is C32H47N3. The monoisotopic (exact) mass is 473 g/mol. The fraction of sp³-hybridized carbons (Fsp3) is 0.375. The highest BCUT2D eigenvalue weighted by Crippen LogP contribution is 2.26. The minimum atomic E-state index is 1.11. The largest absolute Gasteiger partial charge is 0.392 e. The molecule has 0 saturated heterocycles. The summed E-state index contributed by atoms with van der Waals surface area (Å²) in [5.74, 6) is 0. The van der Waals surface area contributed by atoms with E-state index in [1.807, 2.05) is 27.1 Å². The average molecular weight is 474 g/mol. The summed E-state index contributed by atoms with van der Waals surface area (Å²) in [6, 6.07) is 17.7. The van der Waals surface area contributed by atoms with Crippen LogP contribution in [-0.4, -0.2) is 25.6 Å². The third-order valence-corrected chi connectivity index (χ3v) is 5.66. The van der Waals surface area contributed by atoms with Crippen LogP contribution >= 0.6 is 0 Å². The van der Waals surface area contributed by atoms with Crippen LogP contribution in [0.4, 0.5) is 5.69 Å². The van der Waals surface area contributed by atoms with Crippen molar-refractivity contribution < 1.29 is 0 Å². The van der Waals surface area contributed by atoms with Crippen molar-refractivity contribution in [1.82, 2.24) is 10.3 Å². The minimum Gasteiger partial charge on any atom is -0.392 e. The maximum absolute atomic E-state index is 3.36. The van der Waals surface area contributed by atoms with Crippen LogP contribution in [0.15, 0.2) is 91.8 Å². The molecule has 0 aliphatic rings. The Morgan fingerprint density at radius 3 is 2.17 bits per heavy atom. The zero-order valence-electron chi connectivity index (χ0n) is 22.7. The molecule has 1 aromatic heterocycles. The molecule has 1 heterocycles. The maximum Gasteiger partial charge on any atom is 0.0460 e. The Kier molecular flexibility index (Phi) is 15.5. The molecule has 0 radical (unpaired) electrons. The summed E-state index contributed by atoms with van der Waals surface area (Å²) >= 11 is 0. The van der Waals surface area contributed by atoms with Gasteiger partial charge in [0, 0.05) is 43.7 Å². The Bertz CT molecular complexity index is 989. The van der Waals surface area contributed by atoms with Crippen LogP contribution in [0.25, 0.3) is 22.0 Å². The number of anilines is 1. The number of H-pyrrole nitrogens is 1. The van der Waals surface area contributed by atoms with Crippen molar-refractivity contribution in [3.63, 3.8) is 0 Å². The van der Waals surface area contributed by atoms with Crippen LogP contribution in [0.1, 0.15) is 59.3 Å². The third-order valence-electron chi connectivity index (χ3n) is 5.66. The first-order valence-corrected chi connectivity index (χ1v) is 12.9. The molecule has 190 valence electrons. The number of nitrogens with one attached hydrogen (secondary N) is 2. The predicted molar refractivity (Wildman–Crippen MR) is 159 cm³/mol. The normalized spacial score (nSPS) is 10.5. The molecule has 2 N–H and O–H groups in total. The molecule has 0 unspecified atom stereocenters. The first-order chi connectivity index (χ1) is 17.0. The van der Waals surface area contributed by atoms with E-state index in [2.05, 4.69) is 96.9 Å². The summed E-state index contributed by atoms with van der Waals surface area (Å²) in [7, 11) is 4.23. The van der Waals surface area contributed by atoms with Gasteiger partial charge in [0.2, 0.25) is 0 Å². The number of aromatic nitrogens is 1. The Labute approximate surface area is 214 Å². The van der Waals surface area contributed by atoms with Gasteiger partial charge in [0.25, 0.3) is 0 Å². The second kappa shape index (κ2) is 18.2. The third kappa shape index (κ3) is 11.2. The van der Waals surface area contributed by atoms with E-state index in [-0.39, 0.29) is 0 Å². The van der Waals surface area contributed by atoms with Gasteiger partial charge in [0.1, 0.15) is 0 Å². The molecule has 0 aliphatic heterocycles. The Morgan fingerprint density at radius 2 is 1.54 bits per heavy atom. The van der Waals surface area contributed by atoms with E-state index in [1.54, 1.807) is 12.2 Å². The van der Waals surface area contributed by atoms with Gasteiger partial charge in [0.15, 0.2) is 0 Å². The summed E-state index contributed by atoms with van der Waals surface area (Å²) in [6.07, 6.45) is 15.2. The van der Waals surface area contributed by atoms with Crippen molar-refractivity contribution in [1.29, 1.82) is 0 Å². The molecule has 35 heavy (non-hydrogen) atoms. The summed E-state index contributed by atoms with van der Waals surface area (Å²) in [5, 5.41) is 4.57. The van der Waals surface area contributed by atoms with Crippen molar-refractivity contribution in [3.05, 3.63) is 91.8 Å². The van der Waals surface area contributed by atoms with Gasteiger partial charge in [-0.3, -0.25) is 0 Å². The Hall–Kier alpha value is -3.20. The number of allylic oxidation sites excluding steroid dienone is 4. The second-order valence-electron chi connectivity index (χ2n) is 8.62. The van der Waals surface area contributed by atoms with Gasteiger partial charge in [-0.15, -0.1) is 13.2 Å². The van der Waals surface area contributed by atoms with Crippen molar-refractivity contribution in [2.24, 2.45) is 0 Å². The summed E-state index contributed by atoms with van der Waals surface area (Å²) < 4.78 is 0. The van der Waals surface area contributed by atoms with Crippen LogP contribution < -0.4 is 10.2 Å². The minimum absolute atomic E-state index is 1.11. The standard InChI is InChI=1S/C26H35N3.2C3H6/c1-4-9-24(27-2)10-7-5-6-8-19-29(3)25-15-13-21(14-16-25)23-12-11-22-17-18-28-26(22)20-23;2*1-3-2/h9,11-18,20,27-28H,4-8,10,19H2,1-3H3;2*3H,1H2,2H3. The van der Waals surface area contributed by atoms with E-state index in [0.29, 0.717) is 0 Å². The van der Waals surface area contributed by atoms with Crippen molar-refractivity contribution in [2.75, 3.05) is 25.5 Å². The molecule has 3 aromatic rings. The quantitative estimate of drug-likeness (QED) is 0.215. The van der Waals surface area contributed by atoms with Gasteiger partial charge >= 0.3 is 0 Å². The number of nitrogens with zero attached hydrogens (tertiary/aromatic N) is 1. The molecule has 3 nitrogen and oxygen atoms in total. The van der Waals surface area contributed by atoms with Gasteiger partial charge in [-0.2, -0.15) is 0 Å². The Morgan fingerprint density at radius 1 is 0.914 bits per heavy atom. The molecule has 0 bridgehead atoms. The molecule has 0 amide bonds. The van der Waals surface area contributed by atoms with Crippen LogP contribution in [0, 0.1) is 0 Å². The first-order valence-electron chi connectivity index (χ1n) is 12.9. The fourth-order valence-corrected chi connectivity index (χ4v) is 3.86. The van der Waals surface area contributed by atoms with E-state index < -0.39 is 0 Å². The zero-order valence-corrected chi connectivity index (χ0v) is 22.7. The van der Waals surface area contributed by atoms with Crippen molar-refractivity contribution >= 4 is 16.6 Å². The highest BCUT2D eigenvalue weighted by atomic mass is 15.1. The van der Waals surface area contributed by atoms with E-state index >= 15 is 0 Å². The van der Waals surface area contributed by atoms with Crippen LogP contribution in [0.3, 0.4) is 0 Å². The number of aromatic amines is 1. The summed E-state index contributed by atoms with van der Waals surface area (Å²) in [6.45, 7) is 13.8. The van der Waals surface area contributed by atoms with Crippen LogP contribution in [0.5, 0.6) is 0 Å². The first kappa shape index (κ1) is 29.8. The average Bonchev–Trinajstić information content (AvgIpc) is 3.34. The Balaban J connectivity index is 0.000000926. The smallest absolute Gasteiger partial charge is 0.0460 e. The highest BCUT2D eigenvalue weighted by Gasteiger charge is 2.04. The zero-order chi connectivity index (χ0) is 25.9. The highest BCUT2D eigenvalue weighted by molar-refractivity contribution is 5.85. The lowest BCUT2D eigenvalue weighted by Crippen LogP contribution is -2.18. The molecular weight excluding hydrogens is 426 g/mol. The van der Waals surface area contributed by atoms with Crippen LogP contribution in [0.2, 0.25) is 0 Å². The number of hydrogen-bond donors (Lipinski definition) is 2. The van der Waals surface area contributed by atoms with Gasteiger partial charge in [-0.05, 0) is 80.3 Å². The summed E-state index contributed by atoms with van der Waals surface area (Å²) in [4.78, 5) is 5.67. The molecule has 0 atom stereocenters. The SMILES string of the molecule is C=CC.C=CC.CCC=C(CCCCCCN(C)c1ccc(-c2ccc3cc[nH]c3c2)cc1)NC. The molecule has 2 aromatic carbocycles. The molecule has 0 saturated carbocycles. The topological polar surface area (TPSA) is 31.1 Å². The number of benzene rings is 2. The molecule has 0 fully saturated rings. The summed E-state index contributed by atoms with van der Waals surface area (Å²) in [5.41, 5.74) is 6.39. The lowest BCUT2D eigenvalue weighted by Gasteiger charge is -2.19.